The van der Waals surface area contributed by atoms with Crippen LogP contribution in [0.15, 0.2) is 16.2 Å². The average molecular weight is 363 g/mol. The Hall–Kier alpha value is -2.22. The number of nitrogens with zero attached hydrogens (tertiary/aromatic N) is 3. The second-order valence-corrected chi connectivity index (χ2v) is 7.02. The van der Waals surface area contributed by atoms with Gasteiger partial charge in [-0.1, -0.05) is 6.92 Å². The van der Waals surface area contributed by atoms with Crippen molar-refractivity contribution in [2.75, 3.05) is 6.54 Å². The van der Waals surface area contributed by atoms with E-state index in [0.717, 1.165) is 18.5 Å². The van der Waals surface area contributed by atoms with Crippen molar-refractivity contribution in [3.63, 3.8) is 0 Å². The van der Waals surface area contributed by atoms with Gasteiger partial charge in [0, 0.05) is 30.1 Å². The third-order valence-corrected chi connectivity index (χ3v) is 5.24. The Balaban J connectivity index is 1.68. The molecule has 0 aromatic carbocycles. The molecular weight excluding hydrogens is 342 g/mol. The molecule has 0 radical (unpaired) electrons. The number of esters is 1. The summed E-state index contributed by atoms with van der Waals surface area (Å²) in [5.41, 5.74) is 1.07. The monoisotopic (exact) mass is 363 g/mol. The summed E-state index contributed by atoms with van der Waals surface area (Å²) in [6, 6.07) is 0.863. The Bertz CT molecular complexity index is 857. The molecule has 7 nitrogen and oxygen atoms in total. The smallest absolute Gasteiger partial charge is 0.329 e. The predicted octanol–water partition coefficient (Wildman–Crippen LogP) is 1.90. The molecule has 1 amide bonds. The first-order chi connectivity index (χ1) is 12.0. The number of hydrogen-bond donors (Lipinski definition) is 0. The fraction of sp³-hybridized carbons (Fsp3) is 0.529. The van der Waals surface area contributed by atoms with Crippen molar-refractivity contribution in [2.24, 2.45) is 0 Å². The van der Waals surface area contributed by atoms with Gasteiger partial charge in [-0.05, 0) is 26.2 Å². The predicted molar refractivity (Wildman–Crippen MR) is 93.5 cm³/mol. The largest absolute Gasteiger partial charge is 0.458 e. The van der Waals surface area contributed by atoms with Crippen LogP contribution in [-0.4, -0.2) is 38.7 Å². The Labute approximate surface area is 149 Å². The van der Waals surface area contributed by atoms with Gasteiger partial charge in [0.05, 0.1) is 5.69 Å². The van der Waals surface area contributed by atoms with E-state index in [1.54, 1.807) is 4.90 Å². The first-order valence-corrected chi connectivity index (χ1v) is 9.32. The maximum Gasteiger partial charge on any atom is 0.329 e. The third kappa shape index (κ3) is 3.58. The molecule has 2 aromatic heterocycles. The number of thiazole rings is 1. The molecule has 0 saturated carbocycles. The third-order valence-electron chi connectivity index (χ3n) is 4.30. The van der Waals surface area contributed by atoms with Gasteiger partial charge in [-0.25, -0.2) is 9.78 Å². The Kier molecular flexibility index (Phi) is 5.17. The van der Waals surface area contributed by atoms with Crippen molar-refractivity contribution < 1.29 is 14.3 Å². The molecule has 8 heteroatoms. The van der Waals surface area contributed by atoms with Gasteiger partial charge in [-0.2, -0.15) is 0 Å². The van der Waals surface area contributed by atoms with Crippen molar-refractivity contribution in [3.8, 4) is 0 Å². The van der Waals surface area contributed by atoms with Crippen molar-refractivity contribution in [1.29, 1.82) is 0 Å². The van der Waals surface area contributed by atoms with Crippen LogP contribution in [0.1, 0.15) is 44.0 Å². The zero-order valence-corrected chi connectivity index (χ0v) is 15.2. The number of likely N-dealkylation sites (tertiary alicyclic amines) is 1. The summed E-state index contributed by atoms with van der Waals surface area (Å²) in [6.07, 6.45) is 2.62. The molecule has 0 N–H and O–H groups in total. The lowest BCUT2D eigenvalue weighted by Crippen LogP contribution is -2.41. The van der Waals surface area contributed by atoms with E-state index in [9.17, 15) is 14.4 Å². The number of carbonyl (C=O) groups excluding carboxylic acids is 2. The summed E-state index contributed by atoms with van der Waals surface area (Å²) in [7, 11) is 0. The van der Waals surface area contributed by atoms with Gasteiger partial charge < -0.3 is 9.64 Å². The van der Waals surface area contributed by atoms with Crippen LogP contribution in [0, 0.1) is 6.92 Å². The molecule has 1 saturated heterocycles. The first-order valence-electron chi connectivity index (χ1n) is 8.44. The molecule has 2 aromatic rings. The van der Waals surface area contributed by atoms with Crippen LogP contribution in [0.3, 0.4) is 0 Å². The number of ether oxygens (including phenoxy) is 1. The van der Waals surface area contributed by atoms with Crippen LogP contribution < -0.4 is 5.56 Å². The van der Waals surface area contributed by atoms with Gasteiger partial charge in [-0.3, -0.25) is 14.0 Å². The van der Waals surface area contributed by atoms with E-state index in [2.05, 4.69) is 4.98 Å². The van der Waals surface area contributed by atoms with Crippen LogP contribution >= 0.6 is 11.3 Å². The first kappa shape index (κ1) is 17.6. The molecule has 0 unspecified atom stereocenters. The van der Waals surface area contributed by atoms with Gasteiger partial charge in [0.15, 0.2) is 4.96 Å². The number of aryl methyl sites for hydroxylation is 1. The number of amides is 1. The molecule has 25 heavy (non-hydrogen) atoms. The summed E-state index contributed by atoms with van der Waals surface area (Å²) < 4.78 is 6.87. The van der Waals surface area contributed by atoms with Crippen LogP contribution in [0.5, 0.6) is 0 Å². The maximum atomic E-state index is 12.4. The van der Waals surface area contributed by atoms with E-state index in [-0.39, 0.29) is 18.1 Å². The van der Waals surface area contributed by atoms with Crippen molar-refractivity contribution in [3.05, 3.63) is 33.2 Å². The molecule has 3 rings (SSSR count). The molecule has 1 aliphatic heterocycles. The fourth-order valence-electron chi connectivity index (χ4n) is 3.08. The van der Waals surface area contributed by atoms with Gasteiger partial charge >= 0.3 is 5.97 Å². The van der Waals surface area contributed by atoms with Gasteiger partial charge in [0.2, 0.25) is 5.91 Å². The maximum absolute atomic E-state index is 12.4. The number of aromatic nitrogens is 2. The Morgan fingerprint density at radius 3 is 3.00 bits per heavy atom. The lowest BCUT2D eigenvalue weighted by molar-refractivity contribution is -0.154. The minimum Gasteiger partial charge on any atom is -0.458 e. The highest BCUT2D eigenvalue weighted by atomic mass is 32.1. The number of fused-ring (bicyclic) bond motifs is 1. The topological polar surface area (TPSA) is 81.0 Å². The molecule has 0 spiro atoms. The zero-order chi connectivity index (χ0) is 18.0. The van der Waals surface area contributed by atoms with Crippen LogP contribution in [0.2, 0.25) is 0 Å². The van der Waals surface area contributed by atoms with E-state index in [1.165, 1.54) is 21.8 Å². The highest BCUT2D eigenvalue weighted by molar-refractivity contribution is 7.15. The summed E-state index contributed by atoms with van der Waals surface area (Å²) in [6.45, 7) is 4.31. The van der Waals surface area contributed by atoms with Gasteiger partial charge in [0.1, 0.15) is 12.6 Å². The average Bonchev–Trinajstić information content (AvgIpc) is 3.20. The minimum atomic E-state index is -0.520. The highest BCUT2D eigenvalue weighted by Gasteiger charge is 2.34. The second-order valence-electron chi connectivity index (χ2n) is 6.18. The molecule has 134 valence electrons. The van der Waals surface area contributed by atoms with E-state index >= 15 is 0 Å². The molecule has 3 heterocycles. The number of rotatable bonds is 5. The minimum absolute atomic E-state index is 0.00574. The van der Waals surface area contributed by atoms with Crippen LogP contribution in [0.4, 0.5) is 0 Å². The molecule has 1 atom stereocenters. The second kappa shape index (κ2) is 7.35. The number of hydrogen-bond acceptors (Lipinski definition) is 6. The Morgan fingerprint density at radius 1 is 1.44 bits per heavy atom. The lowest BCUT2D eigenvalue weighted by Gasteiger charge is -2.23. The van der Waals surface area contributed by atoms with Crippen LogP contribution in [0.25, 0.3) is 4.96 Å². The molecular formula is C17H21N3O4S. The number of carbonyl (C=O) groups is 2. The van der Waals surface area contributed by atoms with Crippen molar-refractivity contribution in [1.82, 2.24) is 14.3 Å². The lowest BCUT2D eigenvalue weighted by atomic mass is 10.2. The summed E-state index contributed by atoms with van der Waals surface area (Å²) >= 11 is 1.37. The van der Waals surface area contributed by atoms with Gasteiger partial charge in [-0.15, -0.1) is 11.3 Å². The molecule has 0 bridgehead atoms. The zero-order valence-electron chi connectivity index (χ0n) is 14.4. The Morgan fingerprint density at radius 2 is 2.24 bits per heavy atom. The van der Waals surface area contributed by atoms with E-state index in [1.807, 2.05) is 19.2 Å². The molecule has 1 aliphatic rings. The van der Waals surface area contributed by atoms with E-state index in [4.69, 9.17) is 4.74 Å². The summed E-state index contributed by atoms with van der Waals surface area (Å²) in [4.78, 5) is 43.1. The molecule has 0 aliphatic carbocycles. The van der Waals surface area contributed by atoms with Crippen LogP contribution in [-0.2, 0) is 20.9 Å². The summed E-state index contributed by atoms with van der Waals surface area (Å²) in [5.74, 6) is -0.430. The van der Waals surface area contributed by atoms with Crippen molar-refractivity contribution in [2.45, 2.75) is 52.2 Å². The highest BCUT2D eigenvalue weighted by Crippen LogP contribution is 2.20. The standard InChI is InChI=1S/C17H21N3O4S/c1-3-5-14(21)19-7-4-6-13(19)16(23)24-9-12-8-15(22)20-11(2)10-25-17(20)18-12/h8,10,13H,3-7,9H2,1-2H3/t13-/m1/s1. The molecule has 1 fully saturated rings. The van der Waals surface area contributed by atoms with Gasteiger partial charge in [0.25, 0.3) is 5.56 Å². The van der Waals surface area contributed by atoms with E-state index < -0.39 is 12.0 Å². The van der Waals surface area contributed by atoms with Crippen molar-refractivity contribution >= 4 is 28.2 Å². The normalized spacial score (nSPS) is 17.2. The fourth-order valence-corrected chi connectivity index (χ4v) is 3.97. The SMILES string of the molecule is CCCC(=O)N1CCC[C@@H]1C(=O)OCc1cc(=O)n2c(C)csc2n1. The van der Waals surface area contributed by atoms with E-state index in [0.29, 0.717) is 30.0 Å². The summed E-state index contributed by atoms with van der Waals surface area (Å²) in [5, 5.41) is 1.86. The quantitative estimate of drug-likeness (QED) is 0.758.